The molecule has 2 N–H and O–H groups in total. The number of hydrogen-bond acceptors (Lipinski definition) is 8. The zero-order valence-corrected chi connectivity index (χ0v) is 15.2. The van der Waals surface area contributed by atoms with Gasteiger partial charge < -0.3 is 10.2 Å². The first-order valence-electron chi connectivity index (χ1n) is 8.47. The van der Waals surface area contributed by atoms with Crippen molar-refractivity contribution in [1.82, 2.24) is 19.9 Å². The molecule has 9 nitrogen and oxygen atoms in total. The molecule has 0 amide bonds. The molecule has 26 heavy (non-hydrogen) atoms. The number of rotatable bonds is 5. The van der Waals surface area contributed by atoms with E-state index in [1.165, 1.54) is 6.33 Å². The minimum Gasteiger partial charge on any atom is -0.334 e. The van der Waals surface area contributed by atoms with Gasteiger partial charge in [-0.2, -0.15) is 0 Å². The number of hydrogen-bond donors (Lipinski definition) is 2. The zero-order valence-electron chi connectivity index (χ0n) is 15.2. The summed E-state index contributed by atoms with van der Waals surface area (Å²) >= 11 is 0. The number of piperazine rings is 1. The average molecular weight is 357 g/mol. The van der Waals surface area contributed by atoms with Crippen LogP contribution in [-0.2, 0) is 0 Å². The molecule has 138 valence electrons. The minimum atomic E-state index is -0.455. The Kier molecular flexibility index (Phi) is 5.29. The topological polar surface area (TPSA) is 99.5 Å². The third kappa shape index (κ3) is 4.24. The lowest BCUT2D eigenvalue weighted by Crippen LogP contribution is -2.47. The Hall–Kier alpha value is -2.78. The van der Waals surface area contributed by atoms with Crippen LogP contribution in [0.2, 0.25) is 0 Å². The summed E-state index contributed by atoms with van der Waals surface area (Å²) in [4.78, 5) is 21.6. The van der Waals surface area contributed by atoms with Crippen molar-refractivity contribution < 1.29 is 4.92 Å². The number of benzene rings is 1. The number of aromatic nitrogens is 2. The molecule has 3 rings (SSSR count). The molecule has 1 aliphatic rings. The monoisotopic (exact) mass is 357 g/mol. The Labute approximate surface area is 152 Å². The SMILES string of the molecule is Cc1cc(C)cc(Nc2ncnc(NN3CCN(C)CC3)c2[N+](=O)[O-])c1. The van der Waals surface area contributed by atoms with Crippen molar-refractivity contribution in [2.45, 2.75) is 13.8 Å². The Morgan fingerprint density at radius 2 is 1.65 bits per heavy atom. The van der Waals surface area contributed by atoms with E-state index < -0.39 is 4.92 Å². The van der Waals surface area contributed by atoms with E-state index in [0.717, 1.165) is 43.0 Å². The quantitative estimate of drug-likeness (QED) is 0.621. The van der Waals surface area contributed by atoms with Gasteiger partial charge in [0.15, 0.2) is 0 Å². The van der Waals surface area contributed by atoms with Crippen LogP contribution in [0.1, 0.15) is 11.1 Å². The molecule has 0 saturated carbocycles. The van der Waals surface area contributed by atoms with Gasteiger partial charge in [0.05, 0.1) is 4.92 Å². The molecule has 0 bridgehead atoms. The molecule has 1 aliphatic heterocycles. The van der Waals surface area contributed by atoms with E-state index in [9.17, 15) is 10.1 Å². The van der Waals surface area contributed by atoms with Gasteiger partial charge in [-0.25, -0.2) is 15.0 Å². The summed E-state index contributed by atoms with van der Waals surface area (Å²) in [7, 11) is 2.05. The zero-order chi connectivity index (χ0) is 18.7. The van der Waals surface area contributed by atoms with Crippen LogP contribution < -0.4 is 10.7 Å². The highest BCUT2D eigenvalue weighted by atomic mass is 16.6. The number of hydrazine groups is 1. The van der Waals surface area contributed by atoms with E-state index in [4.69, 9.17) is 0 Å². The first kappa shape index (κ1) is 18.0. The number of nitrogens with one attached hydrogen (secondary N) is 2. The molecule has 1 aromatic heterocycles. The van der Waals surface area contributed by atoms with Crippen molar-refractivity contribution in [3.05, 3.63) is 45.8 Å². The molecule has 2 aromatic rings. The fraction of sp³-hybridized carbons (Fsp3) is 0.412. The predicted molar refractivity (Wildman–Crippen MR) is 101 cm³/mol. The van der Waals surface area contributed by atoms with Crippen LogP contribution in [0.4, 0.5) is 23.0 Å². The molecule has 1 saturated heterocycles. The standard InChI is InChI=1S/C17H23N7O2/c1-12-8-13(2)10-14(9-12)20-16-15(24(25)26)17(19-11-18-16)21-23-6-4-22(3)5-7-23/h8-11H,4-7H2,1-3H3,(H2,18,19,20,21). The summed E-state index contributed by atoms with van der Waals surface area (Å²) in [6.07, 6.45) is 1.33. The van der Waals surface area contributed by atoms with Crippen molar-refractivity contribution in [1.29, 1.82) is 0 Å². The van der Waals surface area contributed by atoms with Crippen molar-refractivity contribution in [2.24, 2.45) is 0 Å². The van der Waals surface area contributed by atoms with Crippen molar-refractivity contribution in [3.8, 4) is 0 Å². The molecule has 0 aliphatic carbocycles. The van der Waals surface area contributed by atoms with Crippen LogP contribution >= 0.6 is 0 Å². The number of nitrogens with zero attached hydrogens (tertiary/aromatic N) is 5. The second-order valence-electron chi connectivity index (χ2n) is 6.58. The number of anilines is 3. The van der Waals surface area contributed by atoms with Crippen LogP contribution in [0.5, 0.6) is 0 Å². The Bertz CT molecular complexity index is 783. The van der Waals surface area contributed by atoms with E-state index in [-0.39, 0.29) is 17.3 Å². The number of nitro groups is 1. The molecular weight excluding hydrogens is 334 g/mol. The van der Waals surface area contributed by atoms with Crippen LogP contribution in [0, 0.1) is 24.0 Å². The third-order valence-corrected chi connectivity index (χ3v) is 4.26. The molecule has 1 fully saturated rings. The number of aryl methyl sites for hydroxylation is 2. The highest BCUT2D eigenvalue weighted by Crippen LogP contribution is 2.32. The Balaban J connectivity index is 1.87. The van der Waals surface area contributed by atoms with Crippen LogP contribution in [0.25, 0.3) is 0 Å². The predicted octanol–water partition coefficient (Wildman–Crippen LogP) is 2.32. The van der Waals surface area contributed by atoms with E-state index >= 15 is 0 Å². The van der Waals surface area contributed by atoms with Gasteiger partial charge in [0.2, 0.25) is 11.6 Å². The van der Waals surface area contributed by atoms with Gasteiger partial charge in [0.25, 0.3) is 0 Å². The molecular formula is C17H23N7O2. The van der Waals surface area contributed by atoms with Crippen LogP contribution in [0.15, 0.2) is 24.5 Å². The normalized spacial score (nSPS) is 15.7. The van der Waals surface area contributed by atoms with Gasteiger partial charge in [0.1, 0.15) is 6.33 Å². The summed E-state index contributed by atoms with van der Waals surface area (Å²) in [5.41, 5.74) is 5.81. The summed E-state index contributed by atoms with van der Waals surface area (Å²) in [5, 5.41) is 16.7. The molecule has 2 heterocycles. The molecule has 0 atom stereocenters. The van der Waals surface area contributed by atoms with Gasteiger partial charge in [-0.3, -0.25) is 15.5 Å². The number of likely N-dealkylation sites (N-methyl/N-ethyl adjacent to an activating group) is 1. The molecule has 0 unspecified atom stereocenters. The van der Waals surface area contributed by atoms with E-state index in [0.29, 0.717) is 0 Å². The lowest BCUT2D eigenvalue weighted by molar-refractivity contribution is -0.383. The minimum absolute atomic E-state index is 0.161. The Morgan fingerprint density at radius 3 is 2.27 bits per heavy atom. The van der Waals surface area contributed by atoms with Gasteiger partial charge in [-0.1, -0.05) is 6.07 Å². The fourth-order valence-corrected chi connectivity index (χ4v) is 2.98. The Morgan fingerprint density at radius 1 is 1.04 bits per heavy atom. The lowest BCUT2D eigenvalue weighted by Gasteiger charge is -2.32. The van der Waals surface area contributed by atoms with E-state index in [1.54, 1.807) is 0 Å². The fourth-order valence-electron chi connectivity index (χ4n) is 2.98. The van der Waals surface area contributed by atoms with Gasteiger partial charge in [0, 0.05) is 31.9 Å². The molecule has 9 heteroatoms. The molecule has 0 radical (unpaired) electrons. The van der Waals surface area contributed by atoms with Crippen molar-refractivity contribution in [3.63, 3.8) is 0 Å². The van der Waals surface area contributed by atoms with E-state index in [2.05, 4.69) is 32.7 Å². The smallest absolute Gasteiger partial charge is 0.334 e. The first-order valence-corrected chi connectivity index (χ1v) is 8.47. The second kappa shape index (κ2) is 7.63. The van der Waals surface area contributed by atoms with Crippen LogP contribution in [0.3, 0.4) is 0 Å². The maximum Gasteiger partial charge on any atom is 0.354 e. The van der Waals surface area contributed by atoms with Gasteiger partial charge in [-0.15, -0.1) is 0 Å². The maximum absolute atomic E-state index is 11.7. The summed E-state index contributed by atoms with van der Waals surface area (Å²) in [6, 6.07) is 5.89. The highest BCUT2D eigenvalue weighted by molar-refractivity contribution is 5.73. The van der Waals surface area contributed by atoms with Crippen LogP contribution in [-0.4, -0.2) is 58.0 Å². The highest BCUT2D eigenvalue weighted by Gasteiger charge is 2.25. The van der Waals surface area contributed by atoms with Gasteiger partial charge >= 0.3 is 5.69 Å². The second-order valence-corrected chi connectivity index (χ2v) is 6.58. The van der Waals surface area contributed by atoms with Gasteiger partial charge in [-0.05, 0) is 44.2 Å². The molecule has 1 aromatic carbocycles. The van der Waals surface area contributed by atoms with Crippen molar-refractivity contribution in [2.75, 3.05) is 44.0 Å². The summed E-state index contributed by atoms with van der Waals surface area (Å²) < 4.78 is 0. The maximum atomic E-state index is 11.7. The third-order valence-electron chi connectivity index (χ3n) is 4.26. The lowest BCUT2D eigenvalue weighted by atomic mass is 10.1. The van der Waals surface area contributed by atoms with E-state index in [1.807, 2.05) is 37.1 Å². The summed E-state index contributed by atoms with van der Waals surface area (Å²) in [5.74, 6) is 0.369. The molecule has 0 spiro atoms. The summed E-state index contributed by atoms with van der Waals surface area (Å²) in [6.45, 7) is 7.26. The first-order chi connectivity index (χ1) is 12.4. The largest absolute Gasteiger partial charge is 0.354 e. The van der Waals surface area contributed by atoms with Crippen molar-refractivity contribution >= 4 is 23.0 Å². The average Bonchev–Trinajstić information content (AvgIpc) is 2.56.